The first-order valence-corrected chi connectivity index (χ1v) is 6.95. The van der Waals surface area contributed by atoms with Crippen LogP contribution in [0.3, 0.4) is 0 Å². The first kappa shape index (κ1) is 12.1. The molecule has 0 aliphatic rings. The maximum Gasteiger partial charge on any atom is 0.138 e. The molecule has 0 saturated heterocycles. The molecule has 0 atom stereocenters. The summed E-state index contributed by atoms with van der Waals surface area (Å²) in [5, 5.41) is 6.46. The number of aromatic nitrogens is 2. The van der Waals surface area contributed by atoms with Crippen molar-refractivity contribution >= 4 is 27.4 Å². The van der Waals surface area contributed by atoms with Gasteiger partial charge in [-0.1, -0.05) is 24.3 Å². The molecule has 0 saturated carbocycles. The lowest BCUT2D eigenvalue weighted by Gasteiger charge is -2.07. The Morgan fingerprint density at radius 2 is 2.05 bits per heavy atom. The first-order chi connectivity index (χ1) is 9.36. The number of benzene rings is 1. The number of nitrogens with two attached hydrogens (primary N) is 1. The van der Waals surface area contributed by atoms with Gasteiger partial charge < -0.3 is 11.1 Å². The highest BCUT2D eigenvalue weighted by Crippen LogP contribution is 2.24. The summed E-state index contributed by atoms with van der Waals surface area (Å²) >= 11 is 1.62. The van der Waals surface area contributed by atoms with Crippen molar-refractivity contribution < 1.29 is 0 Å². The summed E-state index contributed by atoms with van der Waals surface area (Å²) in [6.07, 6.45) is 1.59. The average molecular weight is 270 g/mol. The van der Waals surface area contributed by atoms with Crippen LogP contribution in [0.1, 0.15) is 11.1 Å². The molecule has 5 heteroatoms. The highest BCUT2D eigenvalue weighted by molar-refractivity contribution is 7.16. The van der Waals surface area contributed by atoms with Crippen LogP contribution in [0.25, 0.3) is 10.2 Å². The molecule has 19 heavy (non-hydrogen) atoms. The number of anilines is 1. The van der Waals surface area contributed by atoms with E-state index in [1.54, 1.807) is 17.7 Å². The van der Waals surface area contributed by atoms with E-state index in [-0.39, 0.29) is 0 Å². The minimum Gasteiger partial charge on any atom is -0.365 e. The zero-order valence-corrected chi connectivity index (χ0v) is 11.2. The van der Waals surface area contributed by atoms with Crippen LogP contribution in [0.15, 0.2) is 42.0 Å². The number of thiophene rings is 1. The van der Waals surface area contributed by atoms with Crippen LogP contribution in [-0.4, -0.2) is 9.97 Å². The number of rotatable bonds is 4. The average Bonchev–Trinajstić information content (AvgIpc) is 2.94. The van der Waals surface area contributed by atoms with Crippen LogP contribution >= 0.6 is 11.3 Å². The molecular weight excluding hydrogens is 256 g/mol. The second-order valence-electron chi connectivity index (χ2n) is 4.24. The lowest BCUT2D eigenvalue weighted by molar-refractivity contribution is 1.04. The van der Waals surface area contributed by atoms with Crippen LogP contribution in [0.4, 0.5) is 5.82 Å². The van der Waals surface area contributed by atoms with E-state index >= 15 is 0 Å². The number of nitrogens with zero attached hydrogens (tertiary/aromatic N) is 2. The van der Waals surface area contributed by atoms with Crippen molar-refractivity contribution in [2.45, 2.75) is 13.1 Å². The second-order valence-corrected chi connectivity index (χ2v) is 5.13. The summed E-state index contributed by atoms with van der Waals surface area (Å²) < 4.78 is 0. The van der Waals surface area contributed by atoms with Gasteiger partial charge in [-0.3, -0.25) is 0 Å². The normalized spacial score (nSPS) is 10.8. The smallest absolute Gasteiger partial charge is 0.138 e. The van der Waals surface area contributed by atoms with Gasteiger partial charge in [0.25, 0.3) is 0 Å². The van der Waals surface area contributed by atoms with Crippen molar-refractivity contribution in [3.8, 4) is 0 Å². The van der Waals surface area contributed by atoms with Gasteiger partial charge in [0.05, 0.1) is 5.39 Å². The van der Waals surface area contributed by atoms with Crippen LogP contribution < -0.4 is 11.1 Å². The molecule has 0 aliphatic carbocycles. The first-order valence-electron chi connectivity index (χ1n) is 6.07. The molecule has 0 spiro atoms. The summed E-state index contributed by atoms with van der Waals surface area (Å²) in [5.74, 6) is 0.879. The molecule has 0 radical (unpaired) electrons. The lowest BCUT2D eigenvalue weighted by atomic mass is 10.1. The Kier molecular flexibility index (Phi) is 3.39. The van der Waals surface area contributed by atoms with Crippen molar-refractivity contribution in [3.05, 3.63) is 53.2 Å². The third-order valence-corrected chi connectivity index (χ3v) is 3.77. The highest BCUT2D eigenvalue weighted by Gasteiger charge is 2.04. The predicted octanol–water partition coefficient (Wildman–Crippen LogP) is 2.76. The lowest BCUT2D eigenvalue weighted by Crippen LogP contribution is -2.03. The molecule has 0 bridgehead atoms. The molecule has 0 fully saturated rings. The maximum absolute atomic E-state index is 5.65. The van der Waals surface area contributed by atoms with Gasteiger partial charge in [-0.05, 0) is 22.6 Å². The van der Waals surface area contributed by atoms with Gasteiger partial charge >= 0.3 is 0 Å². The maximum atomic E-state index is 5.65. The molecule has 96 valence electrons. The molecule has 2 heterocycles. The topological polar surface area (TPSA) is 63.8 Å². The van der Waals surface area contributed by atoms with Crippen LogP contribution in [-0.2, 0) is 13.1 Å². The zero-order valence-electron chi connectivity index (χ0n) is 10.3. The molecule has 3 N–H and O–H groups in total. The summed E-state index contributed by atoms with van der Waals surface area (Å²) in [6.45, 7) is 1.30. The molecule has 1 aromatic carbocycles. The minimum atomic E-state index is 0.566. The van der Waals surface area contributed by atoms with Crippen LogP contribution in [0.5, 0.6) is 0 Å². The van der Waals surface area contributed by atoms with Crippen molar-refractivity contribution in [2.24, 2.45) is 5.73 Å². The van der Waals surface area contributed by atoms with E-state index in [4.69, 9.17) is 5.73 Å². The Labute approximate surface area is 115 Å². The van der Waals surface area contributed by atoms with Gasteiger partial charge in [0.1, 0.15) is 17.0 Å². The van der Waals surface area contributed by atoms with E-state index in [1.165, 1.54) is 5.56 Å². The van der Waals surface area contributed by atoms with Crippen molar-refractivity contribution in [1.82, 2.24) is 9.97 Å². The third kappa shape index (κ3) is 2.57. The molecule has 0 amide bonds. The summed E-state index contributed by atoms with van der Waals surface area (Å²) in [5.41, 5.74) is 7.99. The van der Waals surface area contributed by atoms with Crippen molar-refractivity contribution in [2.75, 3.05) is 5.32 Å². The van der Waals surface area contributed by atoms with Gasteiger partial charge in [-0.2, -0.15) is 0 Å². The van der Waals surface area contributed by atoms with E-state index in [1.807, 2.05) is 23.6 Å². The predicted molar refractivity (Wildman–Crippen MR) is 79.1 cm³/mol. The van der Waals surface area contributed by atoms with Crippen LogP contribution in [0, 0.1) is 0 Å². The SMILES string of the molecule is NCc1cccc(CNc2ncnc3sccc23)c1. The monoisotopic (exact) mass is 270 g/mol. The van der Waals surface area contributed by atoms with Crippen LogP contribution in [0.2, 0.25) is 0 Å². The van der Waals surface area contributed by atoms with Gasteiger partial charge in [0, 0.05) is 13.1 Å². The fourth-order valence-electron chi connectivity index (χ4n) is 1.98. The molecular formula is C14H14N4S. The molecule has 4 nitrogen and oxygen atoms in total. The van der Waals surface area contributed by atoms with Gasteiger partial charge in [-0.25, -0.2) is 9.97 Å². The van der Waals surface area contributed by atoms with E-state index in [9.17, 15) is 0 Å². The fourth-order valence-corrected chi connectivity index (χ4v) is 2.72. The summed E-state index contributed by atoms with van der Waals surface area (Å²) in [4.78, 5) is 9.54. The van der Waals surface area contributed by atoms with E-state index < -0.39 is 0 Å². The quantitative estimate of drug-likeness (QED) is 0.765. The largest absolute Gasteiger partial charge is 0.365 e. The molecule has 0 aliphatic heterocycles. The Morgan fingerprint density at radius 3 is 2.95 bits per heavy atom. The van der Waals surface area contributed by atoms with Crippen molar-refractivity contribution in [1.29, 1.82) is 0 Å². The number of nitrogens with one attached hydrogen (secondary N) is 1. The Bertz CT molecular complexity index is 692. The van der Waals surface area contributed by atoms with Gasteiger partial charge in [0.15, 0.2) is 0 Å². The molecule has 3 aromatic rings. The Hall–Kier alpha value is -1.98. The number of fused-ring (bicyclic) bond motifs is 1. The van der Waals surface area contributed by atoms with E-state index in [0.29, 0.717) is 6.54 Å². The summed E-state index contributed by atoms with van der Waals surface area (Å²) in [6, 6.07) is 10.3. The van der Waals surface area contributed by atoms with Crippen molar-refractivity contribution in [3.63, 3.8) is 0 Å². The Balaban J connectivity index is 1.80. The highest BCUT2D eigenvalue weighted by atomic mass is 32.1. The zero-order chi connectivity index (χ0) is 13.1. The number of hydrogen-bond acceptors (Lipinski definition) is 5. The second kappa shape index (κ2) is 5.34. The Morgan fingerprint density at radius 1 is 1.16 bits per heavy atom. The van der Waals surface area contributed by atoms with Gasteiger partial charge in [0.2, 0.25) is 0 Å². The minimum absolute atomic E-state index is 0.566. The third-order valence-electron chi connectivity index (χ3n) is 2.95. The van der Waals surface area contributed by atoms with Gasteiger partial charge in [-0.15, -0.1) is 11.3 Å². The fraction of sp³-hybridized carbons (Fsp3) is 0.143. The molecule has 2 aromatic heterocycles. The van der Waals surface area contributed by atoms with E-state index in [2.05, 4.69) is 27.4 Å². The molecule has 3 rings (SSSR count). The number of hydrogen-bond donors (Lipinski definition) is 2. The van der Waals surface area contributed by atoms with E-state index in [0.717, 1.165) is 28.1 Å². The standard InChI is InChI=1S/C14H14N4S/c15-7-10-2-1-3-11(6-10)8-16-13-12-4-5-19-14(12)18-9-17-13/h1-6,9H,7-8,15H2,(H,16,17,18). The molecule has 0 unspecified atom stereocenters. The summed E-state index contributed by atoms with van der Waals surface area (Å²) in [7, 11) is 0.